The second kappa shape index (κ2) is 11.7. The first-order chi connectivity index (χ1) is 16.0. The number of para-hydroxylation sites is 2. The van der Waals surface area contributed by atoms with Crippen molar-refractivity contribution in [1.29, 1.82) is 0 Å². The number of ether oxygens (including phenoxy) is 4. The van der Waals surface area contributed by atoms with Gasteiger partial charge < -0.3 is 34.3 Å². The fraction of sp³-hybridized carbons (Fsp3) is 0.286. The van der Waals surface area contributed by atoms with Crippen LogP contribution in [0.3, 0.4) is 0 Å². The number of hydrogen-bond acceptors (Lipinski definition) is 10. The van der Waals surface area contributed by atoms with E-state index in [9.17, 15) is 38.5 Å². The number of aliphatic hydroxyl groups excluding tert-OH is 2. The van der Waals surface area contributed by atoms with Crippen molar-refractivity contribution < 1.29 is 57.4 Å². The Morgan fingerprint density at radius 3 is 1.74 bits per heavy atom. The van der Waals surface area contributed by atoms with Gasteiger partial charge in [0.2, 0.25) is 6.29 Å². The van der Waals surface area contributed by atoms with Gasteiger partial charge in [-0.15, -0.1) is 0 Å². The molecule has 0 saturated carbocycles. The Balaban J connectivity index is 2.08. The van der Waals surface area contributed by atoms with E-state index in [-0.39, 0.29) is 11.5 Å². The largest absolute Gasteiger partial charge is 0.482 e. The molecule has 0 heterocycles. The third-order valence-corrected chi connectivity index (χ3v) is 4.33. The van der Waals surface area contributed by atoms with Gasteiger partial charge in [0.25, 0.3) is 5.24 Å². The lowest BCUT2D eigenvalue weighted by Gasteiger charge is -2.37. The molecular formula is C21H19ClF2O10. The fourth-order valence-corrected chi connectivity index (χ4v) is 2.53. The van der Waals surface area contributed by atoms with E-state index in [1.54, 1.807) is 24.3 Å². The van der Waals surface area contributed by atoms with Crippen LogP contribution in [0, 0.1) is 0 Å². The summed E-state index contributed by atoms with van der Waals surface area (Å²) in [5.41, 5.74) is 0. The van der Waals surface area contributed by atoms with Gasteiger partial charge >= 0.3 is 23.6 Å². The van der Waals surface area contributed by atoms with Crippen LogP contribution in [0.4, 0.5) is 8.78 Å². The molecular weight excluding hydrogens is 486 g/mol. The Hall–Kier alpha value is -3.32. The van der Waals surface area contributed by atoms with Crippen LogP contribution in [0.5, 0.6) is 11.5 Å². The molecule has 2 aromatic rings. The molecule has 184 valence electrons. The summed E-state index contributed by atoms with van der Waals surface area (Å²) in [5.74, 6) is -12.3. The number of halogens is 3. The average Bonchev–Trinajstić information content (AvgIpc) is 2.81. The van der Waals surface area contributed by atoms with E-state index in [0.29, 0.717) is 0 Å². The zero-order valence-electron chi connectivity index (χ0n) is 17.2. The van der Waals surface area contributed by atoms with Crippen molar-refractivity contribution in [3.63, 3.8) is 0 Å². The number of carbonyl (C=O) groups is 3. The first-order valence-corrected chi connectivity index (χ1v) is 9.78. The minimum absolute atomic E-state index is 0.121. The van der Waals surface area contributed by atoms with Crippen LogP contribution in [-0.4, -0.2) is 69.8 Å². The highest BCUT2D eigenvalue weighted by atomic mass is 35.5. The van der Waals surface area contributed by atoms with Gasteiger partial charge in [0.15, 0.2) is 19.3 Å². The molecule has 0 aliphatic carbocycles. The van der Waals surface area contributed by atoms with E-state index in [1.165, 1.54) is 36.4 Å². The number of alkyl halides is 2. The summed E-state index contributed by atoms with van der Waals surface area (Å²) in [5, 5.41) is 27.6. The predicted molar refractivity (Wildman–Crippen MR) is 109 cm³/mol. The summed E-state index contributed by atoms with van der Waals surface area (Å²) < 4.78 is 47.2. The van der Waals surface area contributed by atoms with Crippen LogP contribution < -0.4 is 9.47 Å². The predicted octanol–water partition coefficient (Wildman–Crippen LogP) is 0.999. The van der Waals surface area contributed by atoms with Crippen LogP contribution in [-0.2, 0) is 23.9 Å². The number of aliphatic hydroxyl groups is 3. The maximum Gasteiger partial charge on any atom is 0.386 e. The molecule has 3 N–H and O–H groups in total. The van der Waals surface area contributed by atoms with Crippen molar-refractivity contribution in [1.82, 2.24) is 0 Å². The minimum atomic E-state index is -5.15. The van der Waals surface area contributed by atoms with Crippen molar-refractivity contribution in [2.75, 3.05) is 13.2 Å². The van der Waals surface area contributed by atoms with Gasteiger partial charge in [-0.05, 0) is 35.9 Å². The van der Waals surface area contributed by atoms with Gasteiger partial charge in [0, 0.05) is 0 Å². The Morgan fingerprint density at radius 2 is 1.29 bits per heavy atom. The number of hydrogen-bond donors (Lipinski definition) is 3. The van der Waals surface area contributed by atoms with E-state index >= 15 is 0 Å². The molecule has 0 spiro atoms. The zero-order chi connectivity index (χ0) is 25.4. The van der Waals surface area contributed by atoms with Gasteiger partial charge in [0.1, 0.15) is 11.5 Å². The van der Waals surface area contributed by atoms with Crippen LogP contribution in [0.15, 0.2) is 60.7 Å². The van der Waals surface area contributed by atoms with Crippen LogP contribution in [0.2, 0.25) is 0 Å². The zero-order valence-corrected chi connectivity index (χ0v) is 17.9. The molecule has 0 aliphatic rings. The van der Waals surface area contributed by atoms with E-state index in [0.717, 1.165) is 0 Å². The molecule has 0 saturated heterocycles. The number of rotatable bonds is 12. The monoisotopic (exact) mass is 504 g/mol. The molecule has 10 nitrogen and oxygen atoms in total. The molecule has 2 aromatic carbocycles. The van der Waals surface area contributed by atoms with Crippen LogP contribution >= 0.6 is 11.6 Å². The molecule has 34 heavy (non-hydrogen) atoms. The standard InChI is InChI=1S/C21H19ClF2O10/c22-19(29)20(23,24)21(30,34-16(26)12-32-14-9-5-2-6-10-14)17(27)18(28)33-15(25)11-31-13-7-3-1-4-8-13/h1-10,17-18,27-28,30H,11-12H2/t17-,18?,21-/m1/s1. The van der Waals surface area contributed by atoms with Gasteiger partial charge in [-0.25, -0.2) is 9.59 Å². The number of benzene rings is 2. The average molecular weight is 505 g/mol. The van der Waals surface area contributed by atoms with E-state index in [1.807, 2.05) is 0 Å². The highest BCUT2D eigenvalue weighted by Crippen LogP contribution is 2.36. The number of esters is 2. The van der Waals surface area contributed by atoms with Crippen molar-refractivity contribution >= 4 is 28.8 Å². The lowest BCUT2D eigenvalue weighted by Crippen LogP contribution is -2.65. The van der Waals surface area contributed by atoms with Gasteiger partial charge in [0.05, 0.1) is 0 Å². The van der Waals surface area contributed by atoms with Crippen molar-refractivity contribution in [3.8, 4) is 11.5 Å². The van der Waals surface area contributed by atoms with Gasteiger partial charge in [-0.2, -0.15) is 8.78 Å². The van der Waals surface area contributed by atoms with Crippen molar-refractivity contribution in [2.24, 2.45) is 0 Å². The second-order valence-corrected chi connectivity index (χ2v) is 6.89. The van der Waals surface area contributed by atoms with E-state index < -0.39 is 54.5 Å². The smallest absolute Gasteiger partial charge is 0.386 e. The van der Waals surface area contributed by atoms with Gasteiger partial charge in [-0.1, -0.05) is 36.4 Å². The third kappa shape index (κ3) is 6.84. The molecule has 3 atom stereocenters. The first-order valence-electron chi connectivity index (χ1n) is 9.40. The summed E-state index contributed by atoms with van der Waals surface area (Å²) in [4.78, 5) is 35.0. The van der Waals surface area contributed by atoms with Gasteiger partial charge in [-0.3, -0.25) is 4.79 Å². The maximum absolute atomic E-state index is 14.4. The molecule has 1 unspecified atom stereocenters. The summed E-state index contributed by atoms with van der Waals surface area (Å²) in [6.45, 7) is -1.88. The van der Waals surface area contributed by atoms with Crippen molar-refractivity contribution in [3.05, 3.63) is 60.7 Å². The Bertz CT molecular complexity index is 976. The minimum Gasteiger partial charge on any atom is -0.482 e. The summed E-state index contributed by atoms with van der Waals surface area (Å²) >= 11 is 4.79. The maximum atomic E-state index is 14.4. The molecule has 0 aliphatic heterocycles. The second-order valence-electron chi connectivity index (χ2n) is 6.55. The lowest BCUT2D eigenvalue weighted by molar-refractivity contribution is -0.349. The summed E-state index contributed by atoms with van der Waals surface area (Å²) in [7, 11) is 0. The Morgan fingerprint density at radius 1 is 0.853 bits per heavy atom. The van der Waals surface area contributed by atoms with Crippen LogP contribution in [0.1, 0.15) is 0 Å². The highest BCUT2D eigenvalue weighted by Gasteiger charge is 2.67. The molecule has 0 aromatic heterocycles. The summed E-state index contributed by atoms with van der Waals surface area (Å²) in [6, 6.07) is 15.3. The molecule has 0 amide bonds. The first kappa shape index (κ1) is 26.9. The number of carbonyl (C=O) groups excluding carboxylic acids is 3. The topological polar surface area (TPSA) is 149 Å². The van der Waals surface area contributed by atoms with E-state index in [4.69, 9.17) is 21.1 Å². The molecule has 0 fully saturated rings. The summed E-state index contributed by atoms with van der Waals surface area (Å²) in [6.07, 6.45) is -6.15. The Kier molecular flexibility index (Phi) is 9.27. The SMILES string of the molecule is O=C(COc1ccccc1)OC(O)[C@@H](O)[C@@](O)(OC(=O)COc1ccccc1)C(F)(F)C(=O)Cl. The molecule has 2 rings (SSSR count). The quantitative estimate of drug-likeness (QED) is 0.217. The molecule has 0 radical (unpaired) electrons. The van der Waals surface area contributed by atoms with Crippen molar-refractivity contribution in [2.45, 2.75) is 24.1 Å². The lowest BCUT2D eigenvalue weighted by atomic mass is 10.0. The van der Waals surface area contributed by atoms with Crippen LogP contribution in [0.25, 0.3) is 0 Å². The normalized spacial score (nSPS) is 14.8. The van der Waals surface area contributed by atoms with E-state index in [2.05, 4.69) is 9.47 Å². The highest BCUT2D eigenvalue weighted by molar-refractivity contribution is 6.65. The molecule has 13 heteroatoms. The Labute approximate surface area is 196 Å². The fourth-order valence-electron chi connectivity index (χ4n) is 2.40. The molecule has 0 bridgehead atoms. The third-order valence-electron chi connectivity index (χ3n) is 4.09.